The number of hydrogen-bond donors (Lipinski definition) is 1. The first-order valence-electron chi connectivity index (χ1n) is 10.4. The highest BCUT2D eigenvalue weighted by Crippen LogP contribution is 2.34. The molecule has 1 N–H and O–H groups in total. The largest absolute Gasteiger partial charge is 0.493 e. The number of carbonyl (C=O) groups is 1. The van der Waals surface area contributed by atoms with Gasteiger partial charge in [0.05, 0.1) is 25.7 Å². The first kappa shape index (κ1) is 20.6. The van der Waals surface area contributed by atoms with Crippen LogP contribution in [0, 0.1) is 5.92 Å². The fourth-order valence-corrected chi connectivity index (χ4v) is 4.59. The summed E-state index contributed by atoms with van der Waals surface area (Å²) in [5, 5.41) is 12.7. The van der Waals surface area contributed by atoms with Gasteiger partial charge in [0, 0.05) is 16.8 Å². The molecule has 0 bridgehead atoms. The van der Waals surface area contributed by atoms with Crippen molar-refractivity contribution in [3.05, 3.63) is 58.6 Å². The summed E-state index contributed by atoms with van der Waals surface area (Å²) < 4.78 is 10.7. The standard InChI is InChI=1S/C24H28N2O4/c1-15(23(27)17-8-9-20(29-2)21(14-17)30-3)26-12-10-16(11-13-26)22-18-6-4-5-7-19(18)25-24(22)28/h4-9,14-16,23,27H,10-13H2,1-3H3. The Morgan fingerprint density at radius 2 is 1.77 bits per heavy atom. The zero-order valence-electron chi connectivity index (χ0n) is 17.7. The molecule has 2 aliphatic rings. The molecular weight excluding hydrogens is 380 g/mol. The molecule has 0 spiro atoms. The van der Waals surface area contributed by atoms with Crippen molar-refractivity contribution in [2.75, 3.05) is 27.3 Å². The molecule has 2 heterocycles. The Hall–Kier alpha value is -2.70. The van der Waals surface area contributed by atoms with Gasteiger partial charge < -0.3 is 14.6 Å². The number of fused-ring (bicyclic) bond motifs is 1. The molecule has 1 saturated heterocycles. The van der Waals surface area contributed by atoms with E-state index in [1.54, 1.807) is 14.2 Å². The Labute approximate surface area is 176 Å². The second-order valence-electron chi connectivity index (χ2n) is 7.96. The van der Waals surface area contributed by atoms with Crippen molar-refractivity contribution >= 4 is 11.5 Å². The molecule has 6 nitrogen and oxygen atoms in total. The minimum Gasteiger partial charge on any atom is -0.493 e. The number of likely N-dealkylation sites (tertiary alicyclic amines) is 1. The minimum atomic E-state index is -0.641. The molecular formula is C24H28N2O4. The summed E-state index contributed by atoms with van der Waals surface area (Å²) in [6, 6.07) is 13.2. The topological polar surface area (TPSA) is 71.4 Å². The summed E-state index contributed by atoms with van der Waals surface area (Å²) in [7, 11) is 3.19. The van der Waals surface area contributed by atoms with Crippen LogP contribution >= 0.6 is 0 Å². The monoisotopic (exact) mass is 408 g/mol. The van der Waals surface area contributed by atoms with Gasteiger partial charge in [0.25, 0.3) is 5.91 Å². The second kappa shape index (κ2) is 8.58. The fraction of sp³-hybridized carbons (Fsp3) is 0.417. The van der Waals surface area contributed by atoms with E-state index in [1.165, 1.54) is 0 Å². The Morgan fingerprint density at radius 3 is 2.47 bits per heavy atom. The number of piperidine rings is 1. The molecule has 30 heavy (non-hydrogen) atoms. The number of rotatable bonds is 6. The van der Waals surface area contributed by atoms with E-state index >= 15 is 0 Å². The average molecular weight is 408 g/mol. The third-order valence-electron chi connectivity index (χ3n) is 6.37. The lowest BCUT2D eigenvalue weighted by Crippen LogP contribution is -2.43. The van der Waals surface area contributed by atoms with Crippen molar-refractivity contribution in [1.29, 1.82) is 0 Å². The highest BCUT2D eigenvalue weighted by molar-refractivity contribution is 6.15. The molecule has 2 aromatic rings. The highest BCUT2D eigenvalue weighted by atomic mass is 16.5. The normalized spacial score (nSPS) is 19.2. The van der Waals surface area contributed by atoms with Crippen molar-refractivity contribution in [1.82, 2.24) is 4.90 Å². The first-order chi connectivity index (χ1) is 14.5. The van der Waals surface area contributed by atoms with Gasteiger partial charge in [-0.1, -0.05) is 24.3 Å². The van der Waals surface area contributed by atoms with E-state index in [1.807, 2.05) is 49.4 Å². The van der Waals surface area contributed by atoms with Gasteiger partial charge in [0.15, 0.2) is 11.5 Å². The van der Waals surface area contributed by atoms with Crippen molar-refractivity contribution < 1.29 is 19.4 Å². The van der Waals surface area contributed by atoms with Crippen LogP contribution in [0.1, 0.15) is 31.4 Å². The van der Waals surface area contributed by atoms with Crippen LogP contribution in [-0.4, -0.2) is 49.3 Å². The van der Waals surface area contributed by atoms with Gasteiger partial charge in [0.1, 0.15) is 0 Å². The summed E-state index contributed by atoms with van der Waals surface area (Å²) in [6.45, 7) is 3.70. The summed E-state index contributed by atoms with van der Waals surface area (Å²) in [6.07, 6.45) is 1.12. The maximum Gasteiger partial charge on any atom is 0.274 e. The quantitative estimate of drug-likeness (QED) is 0.790. The number of para-hydroxylation sites is 1. The smallest absolute Gasteiger partial charge is 0.274 e. The predicted octanol–water partition coefficient (Wildman–Crippen LogP) is 1.85. The van der Waals surface area contributed by atoms with Crippen LogP contribution in [0.15, 0.2) is 47.5 Å². The third kappa shape index (κ3) is 3.73. The Balaban J connectivity index is 1.46. The van der Waals surface area contributed by atoms with Crippen molar-refractivity contribution in [2.24, 2.45) is 10.9 Å². The number of benzene rings is 2. The number of amides is 1. The fourth-order valence-electron chi connectivity index (χ4n) is 4.59. The second-order valence-corrected chi connectivity index (χ2v) is 7.96. The number of aliphatic hydroxyl groups excluding tert-OH is 1. The Kier molecular flexibility index (Phi) is 5.88. The van der Waals surface area contributed by atoms with Crippen LogP contribution in [-0.2, 0) is 4.79 Å². The summed E-state index contributed by atoms with van der Waals surface area (Å²) in [5.41, 5.74) is 1.66. The molecule has 6 heteroatoms. The molecule has 4 rings (SSSR count). The lowest BCUT2D eigenvalue weighted by atomic mass is 9.87. The van der Waals surface area contributed by atoms with E-state index in [0.29, 0.717) is 11.5 Å². The van der Waals surface area contributed by atoms with E-state index in [0.717, 1.165) is 47.6 Å². The van der Waals surface area contributed by atoms with E-state index in [9.17, 15) is 9.90 Å². The van der Waals surface area contributed by atoms with Crippen molar-refractivity contribution in [3.63, 3.8) is 0 Å². The highest BCUT2D eigenvalue weighted by Gasteiger charge is 2.32. The number of carbonyl (C=O) groups excluding carboxylic acids is 1. The van der Waals surface area contributed by atoms with Gasteiger partial charge >= 0.3 is 0 Å². The zero-order valence-corrected chi connectivity index (χ0v) is 17.7. The van der Waals surface area contributed by atoms with Crippen LogP contribution in [0.2, 0.25) is 0 Å². The molecule has 2 aliphatic heterocycles. The Bertz CT molecular complexity index is 1060. The molecule has 0 aliphatic carbocycles. The third-order valence-corrected chi connectivity index (χ3v) is 6.37. The van der Waals surface area contributed by atoms with Gasteiger partial charge in [-0.05, 0) is 62.5 Å². The average Bonchev–Trinajstić information content (AvgIpc) is 3.13. The van der Waals surface area contributed by atoms with E-state index in [-0.39, 0.29) is 17.9 Å². The van der Waals surface area contributed by atoms with Crippen molar-refractivity contribution in [3.8, 4) is 11.5 Å². The molecule has 0 radical (unpaired) electrons. The SMILES string of the molecule is COc1ccc(C(O)C(C)N2CCC(C3=c4ccccc4=NC3=O)CC2)cc1OC. The molecule has 2 unspecified atom stereocenters. The van der Waals surface area contributed by atoms with Crippen LogP contribution in [0.25, 0.3) is 5.57 Å². The maximum atomic E-state index is 12.5. The molecule has 0 saturated carbocycles. The number of aliphatic hydroxyl groups is 1. The molecule has 2 aromatic carbocycles. The van der Waals surface area contributed by atoms with E-state index in [2.05, 4.69) is 9.89 Å². The molecule has 2 atom stereocenters. The van der Waals surface area contributed by atoms with Gasteiger partial charge in [-0.3, -0.25) is 9.69 Å². The number of hydrogen-bond acceptors (Lipinski definition) is 5. The predicted molar refractivity (Wildman–Crippen MR) is 114 cm³/mol. The lowest BCUT2D eigenvalue weighted by Gasteiger charge is -2.38. The van der Waals surface area contributed by atoms with E-state index in [4.69, 9.17) is 9.47 Å². The van der Waals surface area contributed by atoms with Gasteiger partial charge in [-0.15, -0.1) is 0 Å². The van der Waals surface area contributed by atoms with Gasteiger partial charge in [-0.25, -0.2) is 4.99 Å². The lowest BCUT2D eigenvalue weighted by molar-refractivity contribution is -0.113. The zero-order chi connectivity index (χ0) is 21.3. The van der Waals surface area contributed by atoms with Crippen LogP contribution < -0.4 is 20.0 Å². The molecule has 1 fully saturated rings. The van der Waals surface area contributed by atoms with Gasteiger partial charge in [-0.2, -0.15) is 0 Å². The Morgan fingerprint density at radius 1 is 1.07 bits per heavy atom. The maximum absolute atomic E-state index is 12.5. The summed E-state index contributed by atoms with van der Waals surface area (Å²) in [4.78, 5) is 19.0. The van der Waals surface area contributed by atoms with Crippen LogP contribution in [0.4, 0.5) is 0 Å². The van der Waals surface area contributed by atoms with E-state index < -0.39 is 6.10 Å². The molecule has 0 aromatic heterocycles. The summed E-state index contributed by atoms with van der Waals surface area (Å²) >= 11 is 0. The number of nitrogens with zero attached hydrogens (tertiary/aromatic N) is 2. The number of ether oxygens (including phenoxy) is 2. The number of methoxy groups -OCH3 is 2. The summed E-state index contributed by atoms with van der Waals surface area (Å²) in [5.74, 6) is 1.38. The van der Waals surface area contributed by atoms with Crippen LogP contribution in [0.5, 0.6) is 11.5 Å². The van der Waals surface area contributed by atoms with Crippen LogP contribution in [0.3, 0.4) is 0 Å². The first-order valence-corrected chi connectivity index (χ1v) is 10.4. The molecule has 158 valence electrons. The molecule has 1 amide bonds. The minimum absolute atomic E-state index is 0.0506. The van der Waals surface area contributed by atoms with Gasteiger partial charge in [0.2, 0.25) is 0 Å². The van der Waals surface area contributed by atoms with Crippen molar-refractivity contribution in [2.45, 2.75) is 31.9 Å².